The molecule has 2 heterocycles. The standard InChI is InChI=1S/C22H23FN4O3S/c1-15-14-17(8-9-18(15)23)31(29,30)26-11-10-19-20(22(28)24-2)25-21(27(19)13-12-26)16-6-4-3-5-7-16/h3-9,14H,10-13H2,1-2H3,(H,24,28). The van der Waals surface area contributed by atoms with Gasteiger partial charge in [-0.1, -0.05) is 30.3 Å². The minimum atomic E-state index is -3.80. The molecule has 9 heteroatoms. The predicted octanol–water partition coefficient (Wildman–Crippen LogP) is 2.60. The topological polar surface area (TPSA) is 84.3 Å². The van der Waals surface area contributed by atoms with Crippen LogP contribution in [0.5, 0.6) is 0 Å². The van der Waals surface area contributed by atoms with Crippen LogP contribution in [0.3, 0.4) is 0 Å². The molecule has 3 aromatic rings. The number of imidazole rings is 1. The number of hydrogen-bond donors (Lipinski definition) is 1. The lowest BCUT2D eigenvalue weighted by atomic mass is 10.2. The van der Waals surface area contributed by atoms with Crippen LogP contribution >= 0.6 is 0 Å². The number of rotatable bonds is 4. The first-order chi connectivity index (χ1) is 14.8. The lowest BCUT2D eigenvalue weighted by Crippen LogP contribution is -2.34. The van der Waals surface area contributed by atoms with E-state index in [0.717, 1.165) is 5.56 Å². The third-order valence-electron chi connectivity index (χ3n) is 5.48. The zero-order valence-electron chi connectivity index (χ0n) is 17.3. The van der Waals surface area contributed by atoms with Gasteiger partial charge in [0.1, 0.15) is 17.3 Å². The molecule has 1 aliphatic heterocycles. The molecule has 0 fully saturated rings. The summed E-state index contributed by atoms with van der Waals surface area (Å²) in [5.41, 5.74) is 2.13. The van der Waals surface area contributed by atoms with Crippen molar-refractivity contribution in [2.75, 3.05) is 20.1 Å². The maximum absolute atomic E-state index is 13.6. The van der Waals surface area contributed by atoms with Crippen molar-refractivity contribution in [2.24, 2.45) is 0 Å². The summed E-state index contributed by atoms with van der Waals surface area (Å²) in [7, 11) is -2.26. The number of aromatic nitrogens is 2. The largest absolute Gasteiger partial charge is 0.354 e. The molecule has 162 valence electrons. The average molecular weight is 443 g/mol. The van der Waals surface area contributed by atoms with E-state index in [9.17, 15) is 17.6 Å². The molecule has 2 aromatic carbocycles. The highest BCUT2D eigenvalue weighted by Crippen LogP contribution is 2.27. The van der Waals surface area contributed by atoms with Gasteiger partial charge < -0.3 is 9.88 Å². The highest BCUT2D eigenvalue weighted by atomic mass is 32.2. The maximum atomic E-state index is 13.6. The molecular formula is C22H23FN4O3S. The molecule has 0 atom stereocenters. The Hall–Kier alpha value is -3.04. The van der Waals surface area contributed by atoms with Gasteiger partial charge in [-0.2, -0.15) is 4.31 Å². The molecule has 0 aliphatic carbocycles. The number of halogens is 1. The van der Waals surface area contributed by atoms with E-state index in [1.807, 2.05) is 34.9 Å². The van der Waals surface area contributed by atoms with Crippen LogP contribution in [0.25, 0.3) is 11.4 Å². The molecule has 7 nitrogen and oxygen atoms in total. The van der Waals surface area contributed by atoms with Crippen molar-refractivity contribution in [2.45, 2.75) is 24.8 Å². The van der Waals surface area contributed by atoms with E-state index in [0.29, 0.717) is 30.2 Å². The Labute approximate surface area is 180 Å². The summed E-state index contributed by atoms with van der Waals surface area (Å²) in [6.07, 6.45) is 0.335. The van der Waals surface area contributed by atoms with Crippen LogP contribution in [0, 0.1) is 12.7 Å². The second-order valence-electron chi connectivity index (χ2n) is 7.39. The number of nitrogens with zero attached hydrogens (tertiary/aromatic N) is 3. The summed E-state index contributed by atoms with van der Waals surface area (Å²) in [6, 6.07) is 13.3. The van der Waals surface area contributed by atoms with Crippen molar-refractivity contribution < 1.29 is 17.6 Å². The van der Waals surface area contributed by atoms with Crippen LogP contribution < -0.4 is 5.32 Å². The zero-order chi connectivity index (χ0) is 22.2. The quantitative estimate of drug-likeness (QED) is 0.673. The maximum Gasteiger partial charge on any atom is 0.271 e. The fraction of sp³-hybridized carbons (Fsp3) is 0.273. The van der Waals surface area contributed by atoms with Crippen LogP contribution in [-0.2, 0) is 23.0 Å². The number of nitrogens with one attached hydrogen (secondary N) is 1. The Balaban J connectivity index is 1.72. The van der Waals surface area contributed by atoms with Gasteiger partial charge in [0.05, 0.1) is 10.6 Å². The second kappa shape index (κ2) is 8.24. The summed E-state index contributed by atoms with van der Waals surface area (Å²) in [5, 5.41) is 2.61. The second-order valence-corrected chi connectivity index (χ2v) is 9.33. The van der Waals surface area contributed by atoms with Crippen LogP contribution in [0.4, 0.5) is 4.39 Å². The van der Waals surface area contributed by atoms with Gasteiger partial charge in [-0.15, -0.1) is 0 Å². The van der Waals surface area contributed by atoms with Crippen molar-refractivity contribution in [1.82, 2.24) is 19.2 Å². The summed E-state index contributed by atoms with van der Waals surface area (Å²) in [5.74, 6) is -0.123. The Morgan fingerprint density at radius 2 is 1.84 bits per heavy atom. The van der Waals surface area contributed by atoms with E-state index in [-0.39, 0.29) is 29.5 Å². The van der Waals surface area contributed by atoms with Gasteiger partial charge >= 0.3 is 0 Å². The van der Waals surface area contributed by atoms with Gasteiger partial charge in [0.2, 0.25) is 10.0 Å². The number of hydrogen-bond acceptors (Lipinski definition) is 4. The van der Waals surface area contributed by atoms with Crippen LogP contribution in [0.2, 0.25) is 0 Å². The smallest absolute Gasteiger partial charge is 0.271 e. The van der Waals surface area contributed by atoms with Crippen molar-refractivity contribution in [3.8, 4) is 11.4 Å². The molecule has 0 bridgehead atoms. The molecule has 0 unspecified atom stereocenters. The minimum Gasteiger partial charge on any atom is -0.354 e. The van der Waals surface area contributed by atoms with Gasteiger partial charge in [-0.05, 0) is 30.7 Å². The van der Waals surface area contributed by atoms with E-state index in [4.69, 9.17) is 0 Å². The summed E-state index contributed by atoms with van der Waals surface area (Å²) >= 11 is 0. The first kappa shape index (κ1) is 21.2. The molecule has 0 saturated heterocycles. The highest BCUT2D eigenvalue weighted by molar-refractivity contribution is 7.89. The molecule has 4 rings (SSSR count). The van der Waals surface area contributed by atoms with Gasteiger partial charge in [0, 0.05) is 38.7 Å². The number of carbonyl (C=O) groups excluding carboxylic acids is 1. The Morgan fingerprint density at radius 3 is 2.52 bits per heavy atom. The monoisotopic (exact) mass is 442 g/mol. The number of aryl methyl sites for hydroxylation is 1. The number of fused-ring (bicyclic) bond motifs is 1. The fourth-order valence-corrected chi connectivity index (χ4v) is 5.33. The highest BCUT2D eigenvalue weighted by Gasteiger charge is 2.31. The predicted molar refractivity (Wildman–Crippen MR) is 115 cm³/mol. The molecule has 1 N–H and O–H groups in total. The van der Waals surface area contributed by atoms with Crippen LogP contribution in [0.1, 0.15) is 21.7 Å². The van der Waals surface area contributed by atoms with E-state index < -0.39 is 15.8 Å². The van der Waals surface area contributed by atoms with Gasteiger partial charge in [0.25, 0.3) is 5.91 Å². The Bertz CT molecular complexity index is 1240. The van der Waals surface area contributed by atoms with E-state index in [2.05, 4.69) is 10.3 Å². The van der Waals surface area contributed by atoms with Crippen molar-refractivity contribution >= 4 is 15.9 Å². The lowest BCUT2D eigenvalue weighted by Gasteiger charge is -2.20. The Morgan fingerprint density at radius 1 is 1.10 bits per heavy atom. The third-order valence-corrected chi connectivity index (χ3v) is 7.38. The van der Waals surface area contributed by atoms with E-state index in [1.54, 1.807) is 7.05 Å². The fourth-order valence-electron chi connectivity index (χ4n) is 3.81. The first-order valence-electron chi connectivity index (χ1n) is 9.96. The molecule has 1 aliphatic rings. The SMILES string of the molecule is CNC(=O)c1nc(-c2ccccc2)n2c1CCN(S(=O)(=O)c1ccc(F)c(C)c1)CC2. The van der Waals surface area contributed by atoms with Crippen molar-refractivity contribution in [3.05, 3.63) is 71.3 Å². The molecule has 0 spiro atoms. The van der Waals surface area contributed by atoms with E-state index in [1.165, 1.54) is 29.4 Å². The number of benzene rings is 2. The molecule has 1 amide bonds. The summed E-state index contributed by atoms with van der Waals surface area (Å²) in [4.78, 5) is 17.1. The number of carbonyl (C=O) groups is 1. The molecule has 31 heavy (non-hydrogen) atoms. The molecule has 0 saturated carbocycles. The minimum absolute atomic E-state index is 0.0610. The van der Waals surface area contributed by atoms with Crippen molar-refractivity contribution in [1.29, 1.82) is 0 Å². The lowest BCUT2D eigenvalue weighted by molar-refractivity contribution is 0.0957. The summed E-state index contributed by atoms with van der Waals surface area (Å²) < 4.78 is 43.4. The summed E-state index contributed by atoms with van der Waals surface area (Å²) in [6.45, 7) is 2.30. The first-order valence-corrected chi connectivity index (χ1v) is 11.4. The van der Waals surface area contributed by atoms with Gasteiger partial charge in [-0.3, -0.25) is 4.79 Å². The average Bonchev–Trinajstić information content (AvgIpc) is 2.98. The van der Waals surface area contributed by atoms with Crippen LogP contribution in [0.15, 0.2) is 53.4 Å². The number of amides is 1. The molecule has 1 aromatic heterocycles. The van der Waals surface area contributed by atoms with Gasteiger partial charge in [0.15, 0.2) is 0 Å². The van der Waals surface area contributed by atoms with Gasteiger partial charge in [-0.25, -0.2) is 17.8 Å². The third kappa shape index (κ3) is 3.86. The normalized spacial score (nSPS) is 14.7. The zero-order valence-corrected chi connectivity index (χ0v) is 18.1. The molecule has 0 radical (unpaired) electrons. The van der Waals surface area contributed by atoms with E-state index >= 15 is 0 Å². The Kier molecular flexibility index (Phi) is 5.63. The number of sulfonamides is 1. The molecular weight excluding hydrogens is 419 g/mol. The van der Waals surface area contributed by atoms with Crippen LogP contribution in [-0.4, -0.2) is 48.3 Å². The van der Waals surface area contributed by atoms with Crippen molar-refractivity contribution in [3.63, 3.8) is 0 Å².